The Kier molecular flexibility index (Phi) is 5.81. The van der Waals surface area contributed by atoms with Gasteiger partial charge >= 0.3 is 0 Å². The van der Waals surface area contributed by atoms with E-state index in [0.29, 0.717) is 11.7 Å². The number of piperazine rings is 1. The summed E-state index contributed by atoms with van der Waals surface area (Å²) in [6, 6.07) is 5.24. The quantitative estimate of drug-likeness (QED) is 0.702. The normalized spacial score (nSPS) is 16.7. The number of imidazole rings is 1. The fraction of sp³-hybridized carbons (Fsp3) is 0.316. The molecular formula is C19H22ClFN6O. The maximum absolute atomic E-state index is 14.5. The Morgan fingerprint density at radius 3 is 2.93 bits per heavy atom. The van der Waals surface area contributed by atoms with Crippen LogP contribution in [-0.2, 0) is 0 Å². The van der Waals surface area contributed by atoms with Crippen LogP contribution in [0, 0.1) is 12.7 Å². The molecule has 2 N–H and O–H groups in total. The lowest BCUT2D eigenvalue weighted by atomic mass is 10.2. The molecular weight excluding hydrogens is 383 g/mol. The SMILES string of the molecule is Cc1cn2cc(C(=O)Nc3ccc(N4CCN[C@H](C)C4)cc3F)ncc2n1.Cl. The highest BCUT2D eigenvalue weighted by Gasteiger charge is 2.18. The molecule has 4 rings (SSSR count). The van der Waals surface area contributed by atoms with Gasteiger partial charge in [-0.15, -0.1) is 12.4 Å². The standard InChI is InChI=1S/C19H21FN6O.ClH/c1-12-9-25(6-5-21-12)14-3-4-16(15(20)7-14)24-19(27)17-11-26-10-13(2)23-18(26)8-22-17;/h3-4,7-8,10-12,21H,5-6,9H2,1-2H3,(H,24,27);1H/t12-;/m1./s1. The van der Waals surface area contributed by atoms with Crippen LogP contribution in [0.15, 0.2) is 36.8 Å². The fourth-order valence-electron chi connectivity index (χ4n) is 3.30. The van der Waals surface area contributed by atoms with Crippen LogP contribution in [0.4, 0.5) is 15.8 Å². The van der Waals surface area contributed by atoms with E-state index >= 15 is 0 Å². The van der Waals surface area contributed by atoms with Gasteiger partial charge in [-0.3, -0.25) is 4.79 Å². The summed E-state index contributed by atoms with van der Waals surface area (Å²) in [5.74, 6) is -0.933. The summed E-state index contributed by atoms with van der Waals surface area (Å²) in [7, 11) is 0. The van der Waals surface area contributed by atoms with E-state index in [0.717, 1.165) is 31.0 Å². The summed E-state index contributed by atoms with van der Waals surface area (Å²) in [4.78, 5) is 23.0. The molecule has 1 atom stereocenters. The third-order valence-electron chi connectivity index (χ3n) is 4.63. The zero-order valence-electron chi connectivity index (χ0n) is 15.6. The maximum atomic E-state index is 14.5. The van der Waals surface area contributed by atoms with E-state index in [1.165, 1.54) is 12.3 Å². The zero-order valence-corrected chi connectivity index (χ0v) is 16.5. The highest BCUT2D eigenvalue weighted by molar-refractivity contribution is 6.02. The first-order chi connectivity index (χ1) is 13.0. The van der Waals surface area contributed by atoms with Gasteiger partial charge in [0.2, 0.25) is 0 Å². The van der Waals surface area contributed by atoms with E-state index in [9.17, 15) is 9.18 Å². The summed E-state index contributed by atoms with van der Waals surface area (Å²) in [6.45, 7) is 6.47. The molecule has 0 radical (unpaired) electrons. The molecule has 9 heteroatoms. The molecule has 0 spiro atoms. The second kappa shape index (κ2) is 8.12. The van der Waals surface area contributed by atoms with E-state index in [2.05, 4.69) is 32.4 Å². The lowest BCUT2D eigenvalue weighted by Gasteiger charge is -2.33. The Hall–Kier alpha value is -2.71. The Morgan fingerprint density at radius 2 is 2.18 bits per heavy atom. The lowest BCUT2D eigenvalue weighted by molar-refractivity contribution is 0.102. The summed E-state index contributed by atoms with van der Waals surface area (Å²) in [6.07, 6.45) is 4.91. The van der Waals surface area contributed by atoms with Crippen molar-refractivity contribution in [2.24, 2.45) is 0 Å². The molecule has 0 unspecified atom stereocenters. The van der Waals surface area contributed by atoms with E-state index in [1.807, 2.05) is 13.0 Å². The number of nitrogens with one attached hydrogen (secondary N) is 2. The van der Waals surface area contributed by atoms with Crippen LogP contribution in [0.5, 0.6) is 0 Å². The Morgan fingerprint density at radius 1 is 1.36 bits per heavy atom. The number of benzene rings is 1. The number of nitrogens with zero attached hydrogens (tertiary/aromatic N) is 4. The molecule has 28 heavy (non-hydrogen) atoms. The average Bonchev–Trinajstić information content (AvgIpc) is 3.02. The number of carbonyl (C=O) groups excluding carboxylic acids is 1. The molecule has 1 amide bonds. The van der Waals surface area contributed by atoms with Gasteiger partial charge in [0, 0.05) is 43.8 Å². The minimum Gasteiger partial charge on any atom is -0.369 e. The van der Waals surface area contributed by atoms with E-state index < -0.39 is 11.7 Å². The van der Waals surface area contributed by atoms with Crippen LogP contribution in [0.3, 0.4) is 0 Å². The van der Waals surface area contributed by atoms with Gasteiger partial charge in [-0.1, -0.05) is 0 Å². The van der Waals surface area contributed by atoms with Gasteiger partial charge in [-0.2, -0.15) is 0 Å². The molecule has 3 aromatic rings. The van der Waals surface area contributed by atoms with Crippen LogP contribution < -0.4 is 15.5 Å². The van der Waals surface area contributed by atoms with E-state index in [4.69, 9.17) is 0 Å². The molecule has 1 aliphatic rings. The third-order valence-corrected chi connectivity index (χ3v) is 4.63. The van der Waals surface area contributed by atoms with Crippen molar-refractivity contribution in [1.82, 2.24) is 19.7 Å². The second-order valence-corrected chi connectivity index (χ2v) is 6.84. The van der Waals surface area contributed by atoms with Crippen LogP contribution in [0.1, 0.15) is 23.1 Å². The lowest BCUT2D eigenvalue weighted by Crippen LogP contribution is -2.49. The van der Waals surface area contributed by atoms with Crippen molar-refractivity contribution < 1.29 is 9.18 Å². The fourth-order valence-corrected chi connectivity index (χ4v) is 3.30. The minimum atomic E-state index is -0.467. The molecule has 0 bridgehead atoms. The molecule has 1 fully saturated rings. The van der Waals surface area contributed by atoms with Gasteiger partial charge in [0.25, 0.3) is 5.91 Å². The summed E-state index contributed by atoms with van der Waals surface area (Å²) in [5.41, 5.74) is 2.63. The molecule has 0 saturated carbocycles. The number of fused-ring (bicyclic) bond motifs is 1. The van der Waals surface area contributed by atoms with E-state index in [1.54, 1.807) is 22.9 Å². The predicted octanol–water partition coefficient (Wildman–Crippen LogP) is 2.65. The Bertz CT molecular complexity index is 1010. The van der Waals surface area contributed by atoms with Crippen molar-refractivity contribution >= 4 is 35.3 Å². The molecule has 3 heterocycles. The topological polar surface area (TPSA) is 74.6 Å². The highest BCUT2D eigenvalue weighted by atomic mass is 35.5. The van der Waals surface area contributed by atoms with Gasteiger partial charge in [0.1, 0.15) is 11.5 Å². The molecule has 0 aliphatic carbocycles. The van der Waals surface area contributed by atoms with Gasteiger partial charge in [0.15, 0.2) is 5.65 Å². The first kappa shape index (κ1) is 20.0. The van der Waals surface area contributed by atoms with Crippen molar-refractivity contribution in [3.05, 3.63) is 54.0 Å². The molecule has 7 nitrogen and oxygen atoms in total. The van der Waals surface area contributed by atoms with Crippen LogP contribution in [-0.4, -0.2) is 46.0 Å². The van der Waals surface area contributed by atoms with Crippen molar-refractivity contribution in [3.63, 3.8) is 0 Å². The second-order valence-electron chi connectivity index (χ2n) is 6.84. The predicted molar refractivity (Wildman–Crippen MR) is 109 cm³/mol. The monoisotopic (exact) mass is 404 g/mol. The molecule has 1 saturated heterocycles. The number of aryl methyl sites for hydroxylation is 1. The van der Waals surface area contributed by atoms with Crippen molar-refractivity contribution in [2.45, 2.75) is 19.9 Å². The molecule has 2 aromatic heterocycles. The number of rotatable bonds is 3. The number of anilines is 2. The number of aromatic nitrogens is 3. The Balaban J connectivity index is 0.00000225. The van der Waals surface area contributed by atoms with Crippen molar-refractivity contribution in [3.8, 4) is 0 Å². The number of amides is 1. The number of carbonyl (C=O) groups is 1. The largest absolute Gasteiger partial charge is 0.369 e. The van der Waals surface area contributed by atoms with Gasteiger partial charge < -0.3 is 19.9 Å². The maximum Gasteiger partial charge on any atom is 0.275 e. The molecule has 148 valence electrons. The summed E-state index contributed by atoms with van der Waals surface area (Å²) in [5, 5.41) is 5.96. The number of hydrogen-bond donors (Lipinski definition) is 2. The molecule has 1 aliphatic heterocycles. The van der Waals surface area contributed by atoms with Crippen LogP contribution >= 0.6 is 12.4 Å². The van der Waals surface area contributed by atoms with Crippen LogP contribution in [0.2, 0.25) is 0 Å². The van der Waals surface area contributed by atoms with Crippen molar-refractivity contribution in [2.75, 3.05) is 29.9 Å². The number of hydrogen-bond acceptors (Lipinski definition) is 5. The van der Waals surface area contributed by atoms with Gasteiger partial charge in [0.05, 0.1) is 17.6 Å². The zero-order chi connectivity index (χ0) is 19.0. The average molecular weight is 405 g/mol. The Labute approximate surface area is 168 Å². The number of halogens is 2. The van der Waals surface area contributed by atoms with Crippen molar-refractivity contribution in [1.29, 1.82) is 0 Å². The minimum absolute atomic E-state index is 0. The van der Waals surface area contributed by atoms with E-state index in [-0.39, 0.29) is 23.8 Å². The highest BCUT2D eigenvalue weighted by Crippen LogP contribution is 2.23. The van der Waals surface area contributed by atoms with Gasteiger partial charge in [-0.25, -0.2) is 14.4 Å². The first-order valence-corrected chi connectivity index (χ1v) is 8.90. The third kappa shape index (κ3) is 4.07. The first-order valence-electron chi connectivity index (χ1n) is 8.90. The summed E-state index contributed by atoms with van der Waals surface area (Å²) < 4.78 is 16.3. The van der Waals surface area contributed by atoms with Crippen LogP contribution in [0.25, 0.3) is 5.65 Å². The smallest absolute Gasteiger partial charge is 0.275 e. The van der Waals surface area contributed by atoms with Gasteiger partial charge in [-0.05, 0) is 32.0 Å². The summed E-state index contributed by atoms with van der Waals surface area (Å²) >= 11 is 0. The molecule has 1 aromatic carbocycles.